The summed E-state index contributed by atoms with van der Waals surface area (Å²) in [6, 6.07) is -0.368. The van der Waals surface area contributed by atoms with Crippen LogP contribution >= 0.6 is 24.2 Å². The number of thioether (sulfide) groups is 1. The summed E-state index contributed by atoms with van der Waals surface area (Å²) in [5.41, 5.74) is 5.88. The molecule has 0 aliphatic heterocycles. The van der Waals surface area contributed by atoms with E-state index >= 15 is 0 Å². The molecular weight excluding hydrogens is 274 g/mol. The van der Waals surface area contributed by atoms with Crippen molar-refractivity contribution in [1.82, 2.24) is 10.2 Å². The van der Waals surface area contributed by atoms with Gasteiger partial charge in [0, 0.05) is 11.3 Å². The van der Waals surface area contributed by atoms with Gasteiger partial charge in [0.05, 0.1) is 0 Å². The smallest absolute Gasteiger partial charge is 0.276 e. The number of halogens is 1. The van der Waals surface area contributed by atoms with Gasteiger partial charge in [-0.1, -0.05) is 39.5 Å². The van der Waals surface area contributed by atoms with Crippen molar-refractivity contribution in [2.24, 2.45) is 11.7 Å². The third kappa shape index (κ3) is 5.56. The summed E-state index contributed by atoms with van der Waals surface area (Å²) in [4.78, 5) is 0. The SMILES string of the molecule is CC(C)C[C@H](N)[C@H](O)c1nnc(SC(C)C)o1.Cl. The van der Waals surface area contributed by atoms with Gasteiger partial charge in [-0.05, 0) is 12.3 Å². The van der Waals surface area contributed by atoms with E-state index in [1.807, 2.05) is 13.8 Å². The van der Waals surface area contributed by atoms with Gasteiger partial charge < -0.3 is 15.3 Å². The zero-order chi connectivity index (χ0) is 13.0. The molecule has 7 heteroatoms. The first-order valence-corrected chi connectivity index (χ1v) is 6.71. The van der Waals surface area contributed by atoms with Crippen LogP contribution in [-0.2, 0) is 0 Å². The molecule has 1 rings (SSSR count). The molecule has 0 radical (unpaired) electrons. The fraction of sp³-hybridized carbons (Fsp3) is 0.818. The molecule has 106 valence electrons. The van der Waals surface area contributed by atoms with Crippen molar-refractivity contribution in [3.8, 4) is 0 Å². The lowest BCUT2D eigenvalue weighted by molar-refractivity contribution is 0.102. The van der Waals surface area contributed by atoms with Crippen LogP contribution in [0.15, 0.2) is 9.64 Å². The molecule has 0 aliphatic carbocycles. The molecule has 0 saturated carbocycles. The number of aliphatic hydroxyl groups excluding tert-OH is 1. The fourth-order valence-electron chi connectivity index (χ4n) is 1.45. The minimum Gasteiger partial charge on any atom is -0.413 e. The van der Waals surface area contributed by atoms with Crippen LogP contribution in [0.4, 0.5) is 0 Å². The van der Waals surface area contributed by atoms with Crippen LogP contribution in [0, 0.1) is 5.92 Å². The lowest BCUT2D eigenvalue weighted by Gasteiger charge is -2.17. The lowest BCUT2D eigenvalue weighted by atomic mass is 10.0. The van der Waals surface area contributed by atoms with Crippen molar-refractivity contribution in [2.75, 3.05) is 0 Å². The molecule has 0 spiro atoms. The Kier molecular flexibility index (Phi) is 7.86. The molecule has 0 saturated heterocycles. The van der Waals surface area contributed by atoms with Gasteiger partial charge in [-0.25, -0.2) is 0 Å². The first kappa shape index (κ1) is 17.7. The number of nitrogens with two attached hydrogens (primary N) is 1. The highest BCUT2D eigenvalue weighted by atomic mass is 35.5. The minimum atomic E-state index is -0.883. The quantitative estimate of drug-likeness (QED) is 0.784. The average molecular weight is 296 g/mol. The van der Waals surface area contributed by atoms with Crippen LogP contribution < -0.4 is 5.73 Å². The van der Waals surface area contributed by atoms with Gasteiger partial charge in [-0.2, -0.15) is 0 Å². The van der Waals surface area contributed by atoms with E-state index in [2.05, 4.69) is 24.0 Å². The van der Waals surface area contributed by atoms with E-state index in [0.717, 1.165) is 6.42 Å². The first-order valence-electron chi connectivity index (χ1n) is 5.83. The highest BCUT2D eigenvalue weighted by Crippen LogP contribution is 2.25. The summed E-state index contributed by atoms with van der Waals surface area (Å²) in [5, 5.41) is 18.5. The van der Waals surface area contributed by atoms with Crippen molar-refractivity contribution in [3.63, 3.8) is 0 Å². The first-order chi connectivity index (χ1) is 7.90. The Balaban J connectivity index is 0.00000289. The number of aliphatic hydroxyl groups is 1. The van der Waals surface area contributed by atoms with E-state index in [-0.39, 0.29) is 24.3 Å². The van der Waals surface area contributed by atoms with Crippen LogP contribution in [-0.4, -0.2) is 26.6 Å². The Morgan fingerprint density at radius 2 is 1.89 bits per heavy atom. The second kappa shape index (κ2) is 7.99. The molecule has 2 atom stereocenters. The third-order valence-electron chi connectivity index (χ3n) is 2.16. The van der Waals surface area contributed by atoms with Gasteiger partial charge in [0.25, 0.3) is 5.22 Å². The normalized spacial score (nSPS) is 14.7. The molecule has 1 heterocycles. The van der Waals surface area contributed by atoms with Crippen LogP contribution in [0.25, 0.3) is 0 Å². The van der Waals surface area contributed by atoms with Crippen LogP contribution in [0.3, 0.4) is 0 Å². The second-order valence-corrected chi connectivity index (χ2v) is 6.34. The Morgan fingerprint density at radius 1 is 1.28 bits per heavy atom. The molecule has 5 nitrogen and oxygen atoms in total. The summed E-state index contributed by atoms with van der Waals surface area (Å²) in [6.07, 6.45) is -0.164. The molecular formula is C11H22ClN3O2S. The zero-order valence-corrected chi connectivity index (χ0v) is 12.8. The summed E-state index contributed by atoms with van der Waals surface area (Å²) in [7, 11) is 0. The average Bonchev–Trinajstić information content (AvgIpc) is 2.62. The van der Waals surface area contributed by atoms with Gasteiger partial charge in [0.1, 0.15) is 6.10 Å². The van der Waals surface area contributed by atoms with E-state index < -0.39 is 6.10 Å². The van der Waals surface area contributed by atoms with Crippen molar-refractivity contribution < 1.29 is 9.52 Å². The molecule has 3 N–H and O–H groups in total. The summed E-state index contributed by atoms with van der Waals surface area (Å²) in [6.45, 7) is 8.19. The summed E-state index contributed by atoms with van der Waals surface area (Å²) < 4.78 is 5.37. The predicted octanol–water partition coefficient (Wildman–Crippen LogP) is 2.40. The third-order valence-corrected chi connectivity index (χ3v) is 3.00. The largest absolute Gasteiger partial charge is 0.413 e. The monoisotopic (exact) mass is 295 g/mol. The fourth-order valence-corrected chi connectivity index (χ4v) is 2.07. The molecule has 0 amide bonds. The molecule has 1 aromatic rings. The lowest BCUT2D eigenvalue weighted by Crippen LogP contribution is -2.30. The maximum absolute atomic E-state index is 9.95. The van der Waals surface area contributed by atoms with Gasteiger partial charge in [-0.15, -0.1) is 22.6 Å². The molecule has 0 fully saturated rings. The van der Waals surface area contributed by atoms with Crippen LogP contribution in [0.1, 0.15) is 46.1 Å². The van der Waals surface area contributed by atoms with E-state index in [4.69, 9.17) is 10.2 Å². The Bertz CT molecular complexity index is 347. The molecule has 0 aliphatic rings. The molecule has 1 aromatic heterocycles. The Hall–Kier alpha value is -0.300. The number of aromatic nitrogens is 2. The number of hydrogen-bond donors (Lipinski definition) is 2. The summed E-state index contributed by atoms with van der Waals surface area (Å²) in [5.74, 6) is 0.633. The molecule has 18 heavy (non-hydrogen) atoms. The Morgan fingerprint density at radius 3 is 2.39 bits per heavy atom. The van der Waals surface area contributed by atoms with E-state index in [0.29, 0.717) is 16.4 Å². The van der Waals surface area contributed by atoms with E-state index in [1.54, 1.807) is 0 Å². The van der Waals surface area contributed by atoms with Crippen molar-refractivity contribution in [3.05, 3.63) is 5.89 Å². The van der Waals surface area contributed by atoms with E-state index in [9.17, 15) is 5.11 Å². The van der Waals surface area contributed by atoms with Crippen molar-refractivity contribution in [2.45, 2.75) is 56.7 Å². The van der Waals surface area contributed by atoms with Crippen molar-refractivity contribution in [1.29, 1.82) is 0 Å². The topological polar surface area (TPSA) is 85.2 Å². The van der Waals surface area contributed by atoms with E-state index in [1.165, 1.54) is 11.8 Å². The Labute approximate surface area is 118 Å². The molecule has 0 bridgehead atoms. The van der Waals surface area contributed by atoms with Gasteiger partial charge >= 0.3 is 0 Å². The van der Waals surface area contributed by atoms with Crippen LogP contribution in [0.5, 0.6) is 0 Å². The number of hydrogen-bond acceptors (Lipinski definition) is 6. The maximum Gasteiger partial charge on any atom is 0.276 e. The standard InChI is InChI=1S/C11H21N3O2S.ClH/c1-6(2)5-8(12)9(15)10-13-14-11(16-10)17-7(3)4;/h6-9,15H,5,12H2,1-4H3;1H/t8-,9-;/m0./s1. The highest BCUT2D eigenvalue weighted by molar-refractivity contribution is 7.99. The number of nitrogens with zero attached hydrogens (tertiary/aromatic N) is 2. The molecule has 0 unspecified atom stereocenters. The summed E-state index contributed by atoms with van der Waals surface area (Å²) >= 11 is 1.47. The minimum absolute atomic E-state index is 0. The predicted molar refractivity (Wildman–Crippen MR) is 74.9 cm³/mol. The van der Waals surface area contributed by atoms with Crippen molar-refractivity contribution >= 4 is 24.2 Å². The molecule has 0 aromatic carbocycles. The second-order valence-electron chi connectivity index (χ2n) is 4.81. The van der Waals surface area contributed by atoms with Crippen LogP contribution in [0.2, 0.25) is 0 Å². The van der Waals surface area contributed by atoms with Gasteiger partial charge in [0.15, 0.2) is 0 Å². The highest BCUT2D eigenvalue weighted by Gasteiger charge is 2.23. The number of rotatable bonds is 6. The van der Waals surface area contributed by atoms with Gasteiger partial charge in [-0.3, -0.25) is 0 Å². The maximum atomic E-state index is 9.95. The van der Waals surface area contributed by atoms with Gasteiger partial charge in [0.2, 0.25) is 5.89 Å². The zero-order valence-electron chi connectivity index (χ0n) is 11.2.